The van der Waals surface area contributed by atoms with Gasteiger partial charge in [-0.15, -0.1) is 0 Å². The molecule has 0 bridgehead atoms. The highest BCUT2D eigenvalue weighted by Crippen LogP contribution is 2.30. The van der Waals surface area contributed by atoms with Crippen molar-refractivity contribution < 1.29 is 0 Å². The van der Waals surface area contributed by atoms with Crippen LogP contribution in [0.4, 0.5) is 5.82 Å². The lowest BCUT2D eigenvalue weighted by Gasteiger charge is -2.18. The van der Waals surface area contributed by atoms with Gasteiger partial charge in [0.2, 0.25) is 0 Å². The summed E-state index contributed by atoms with van der Waals surface area (Å²) in [4.78, 5) is 8.41. The van der Waals surface area contributed by atoms with Crippen molar-refractivity contribution in [1.82, 2.24) is 9.97 Å². The summed E-state index contributed by atoms with van der Waals surface area (Å²) in [6.45, 7) is 3.71. The Kier molecular flexibility index (Phi) is 3.72. The quantitative estimate of drug-likeness (QED) is 0.808. The van der Waals surface area contributed by atoms with E-state index in [0.717, 1.165) is 24.7 Å². The van der Waals surface area contributed by atoms with Crippen LogP contribution in [0.3, 0.4) is 0 Å². The summed E-state index contributed by atoms with van der Waals surface area (Å²) in [6.07, 6.45) is 5.68. The maximum atomic E-state index is 5.76. The van der Waals surface area contributed by atoms with Gasteiger partial charge in [-0.2, -0.15) is 0 Å². The van der Waals surface area contributed by atoms with Gasteiger partial charge in [-0.25, -0.2) is 9.97 Å². The van der Waals surface area contributed by atoms with E-state index < -0.39 is 0 Å². The van der Waals surface area contributed by atoms with E-state index in [-0.39, 0.29) is 0 Å². The van der Waals surface area contributed by atoms with E-state index in [1.165, 1.54) is 19.3 Å². The lowest BCUT2D eigenvalue weighted by Crippen LogP contribution is -2.24. The first kappa shape index (κ1) is 11.3. The first-order valence-electron chi connectivity index (χ1n) is 6.03. The molecule has 2 unspecified atom stereocenters. The van der Waals surface area contributed by atoms with Gasteiger partial charge < -0.3 is 11.1 Å². The second-order valence-corrected chi connectivity index (χ2v) is 4.56. The Balaban J connectivity index is 1.87. The Labute approximate surface area is 96.7 Å². The molecule has 2 atom stereocenters. The molecule has 1 aromatic rings. The standard InChI is InChI=1S/C12H20N4/c1-9-14-6-5-12(16-9)15-8-11-4-2-3-10(11)7-13/h5-6,10-11H,2-4,7-8,13H2,1H3,(H,14,15,16). The molecule has 0 radical (unpaired) electrons. The monoisotopic (exact) mass is 220 g/mol. The number of aromatic nitrogens is 2. The summed E-state index contributed by atoms with van der Waals surface area (Å²) >= 11 is 0. The minimum atomic E-state index is 0.690. The van der Waals surface area contributed by atoms with Crippen molar-refractivity contribution in [3.8, 4) is 0 Å². The molecule has 1 fully saturated rings. The van der Waals surface area contributed by atoms with Crippen LogP contribution in [0.2, 0.25) is 0 Å². The molecule has 0 saturated heterocycles. The third-order valence-electron chi connectivity index (χ3n) is 3.44. The van der Waals surface area contributed by atoms with Crippen molar-refractivity contribution in [2.75, 3.05) is 18.4 Å². The Hall–Kier alpha value is -1.16. The number of nitrogens with two attached hydrogens (primary N) is 1. The summed E-state index contributed by atoms with van der Waals surface area (Å²) in [7, 11) is 0. The maximum absolute atomic E-state index is 5.76. The second-order valence-electron chi connectivity index (χ2n) is 4.56. The smallest absolute Gasteiger partial charge is 0.129 e. The molecule has 1 aromatic heterocycles. The minimum Gasteiger partial charge on any atom is -0.370 e. The first-order chi connectivity index (χ1) is 7.79. The Morgan fingerprint density at radius 2 is 2.25 bits per heavy atom. The van der Waals surface area contributed by atoms with Gasteiger partial charge >= 0.3 is 0 Å². The van der Waals surface area contributed by atoms with Crippen LogP contribution in [-0.4, -0.2) is 23.1 Å². The summed E-state index contributed by atoms with van der Waals surface area (Å²) in [6, 6.07) is 1.92. The zero-order valence-corrected chi connectivity index (χ0v) is 9.82. The van der Waals surface area contributed by atoms with Crippen molar-refractivity contribution in [3.63, 3.8) is 0 Å². The van der Waals surface area contributed by atoms with Crippen LogP contribution in [0, 0.1) is 18.8 Å². The SMILES string of the molecule is Cc1nccc(NCC2CCCC2CN)n1. The van der Waals surface area contributed by atoms with Crippen LogP contribution < -0.4 is 11.1 Å². The van der Waals surface area contributed by atoms with Crippen LogP contribution in [0.5, 0.6) is 0 Å². The van der Waals surface area contributed by atoms with Crippen molar-refractivity contribution in [2.45, 2.75) is 26.2 Å². The van der Waals surface area contributed by atoms with Gasteiger partial charge in [0.05, 0.1) is 0 Å². The molecule has 0 amide bonds. The fraction of sp³-hybridized carbons (Fsp3) is 0.667. The lowest BCUT2D eigenvalue weighted by atomic mass is 9.96. The molecule has 1 saturated carbocycles. The number of nitrogens with zero attached hydrogens (tertiary/aromatic N) is 2. The lowest BCUT2D eigenvalue weighted by molar-refractivity contribution is 0.414. The minimum absolute atomic E-state index is 0.690. The van der Waals surface area contributed by atoms with Crippen molar-refractivity contribution in [3.05, 3.63) is 18.1 Å². The Bertz CT molecular complexity index is 340. The predicted octanol–water partition coefficient (Wildman–Crippen LogP) is 1.57. The third kappa shape index (κ3) is 2.70. The summed E-state index contributed by atoms with van der Waals surface area (Å²) in [5.74, 6) is 3.14. The summed E-state index contributed by atoms with van der Waals surface area (Å²) < 4.78 is 0. The van der Waals surface area contributed by atoms with Gasteiger partial charge in [0.25, 0.3) is 0 Å². The number of hydrogen-bond donors (Lipinski definition) is 2. The average molecular weight is 220 g/mol. The molecule has 16 heavy (non-hydrogen) atoms. The number of nitrogens with one attached hydrogen (secondary N) is 1. The molecule has 0 aliphatic heterocycles. The van der Waals surface area contributed by atoms with Crippen LogP contribution in [0.15, 0.2) is 12.3 Å². The molecule has 1 heterocycles. The second kappa shape index (κ2) is 5.25. The van der Waals surface area contributed by atoms with Gasteiger partial charge in [0, 0.05) is 12.7 Å². The highest BCUT2D eigenvalue weighted by Gasteiger charge is 2.25. The largest absolute Gasteiger partial charge is 0.370 e. The first-order valence-corrected chi connectivity index (χ1v) is 6.03. The topological polar surface area (TPSA) is 63.8 Å². The fourth-order valence-electron chi connectivity index (χ4n) is 2.48. The average Bonchev–Trinajstić information content (AvgIpc) is 2.74. The highest BCUT2D eigenvalue weighted by molar-refractivity contribution is 5.32. The fourth-order valence-corrected chi connectivity index (χ4v) is 2.48. The number of hydrogen-bond acceptors (Lipinski definition) is 4. The molecule has 4 nitrogen and oxygen atoms in total. The van der Waals surface area contributed by atoms with E-state index in [2.05, 4.69) is 15.3 Å². The Morgan fingerprint density at radius 3 is 3.00 bits per heavy atom. The summed E-state index contributed by atoms with van der Waals surface area (Å²) in [5, 5.41) is 3.39. The zero-order valence-electron chi connectivity index (χ0n) is 9.82. The van der Waals surface area contributed by atoms with E-state index in [1.807, 2.05) is 13.0 Å². The molecule has 0 aromatic carbocycles. The van der Waals surface area contributed by atoms with Gasteiger partial charge in [-0.1, -0.05) is 6.42 Å². The number of anilines is 1. The third-order valence-corrected chi connectivity index (χ3v) is 3.44. The summed E-state index contributed by atoms with van der Waals surface area (Å²) in [5.41, 5.74) is 5.76. The maximum Gasteiger partial charge on any atom is 0.129 e. The Morgan fingerprint density at radius 1 is 1.44 bits per heavy atom. The molecular weight excluding hydrogens is 200 g/mol. The highest BCUT2D eigenvalue weighted by atomic mass is 15.0. The van der Waals surface area contributed by atoms with E-state index in [0.29, 0.717) is 11.8 Å². The molecule has 3 N–H and O–H groups in total. The van der Waals surface area contributed by atoms with E-state index in [9.17, 15) is 0 Å². The van der Waals surface area contributed by atoms with Gasteiger partial charge in [-0.05, 0) is 44.2 Å². The molecule has 0 spiro atoms. The van der Waals surface area contributed by atoms with Crippen LogP contribution in [0.1, 0.15) is 25.1 Å². The van der Waals surface area contributed by atoms with Crippen molar-refractivity contribution >= 4 is 5.82 Å². The van der Waals surface area contributed by atoms with Crippen molar-refractivity contribution in [1.29, 1.82) is 0 Å². The molecule has 4 heteroatoms. The van der Waals surface area contributed by atoms with Crippen LogP contribution in [-0.2, 0) is 0 Å². The zero-order chi connectivity index (χ0) is 11.4. The number of rotatable bonds is 4. The molecule has 88 valence electrons. The molecular formula is C12H20N4. The van der Waals surface area contributed by atoms with Gasteiger partial charge in [0.15, 0.2) is 0 Å². The molecule has 2 rings (SSSR count). The van der Waals surface area contributed by atoms with Crippen LogP contribution >= 0.6 is 0 Å². The van der Waals surface area contributed by atoms with Gasteiger partial charge in [-0.3, -0.25) is 0 Å². The molecule has 1 aliphatic rings. The molecule has 1 aliphatic carbocycles. The van der Waals surface area contributed by atoms with E-state index in [4.69, 9.17) is 5.73 Å². The van der Waals surface area contributed by atoms with E-state index >= 15 is 0 Å². The number of aryl methyl sites for hydroxylation is 1. The van der Waals surface area contributed by atoms with Crippen LogP contribution in [0.25, 0.3) is 0 Å². The van der Waals surface area contributed by atoms with E-state index in [1.54, 1.807) is 6.20 Å². The normalized spacial score (nSPS) is 24.6. The van der Waals surface area contributed by atoms with Crippen molar-refractivity contribution in [2.24, 2.45) is 17.6 Å². The predicted molar refractivity (Wildman–Crippen MR) is 65.1 cm³/mol. The van der Waals surface area contributed by atoms with Gasteiger partial charge in [0.1, 0.15) is 11.6 Å².